The molecule has 2 aromatic carbocycles. The predicted molar refractivity (Wildman–Crippen MR) is 89.1 cm³/mol. The number of amides is 3. The van der Waals surface area contributed by atoms with Gasteiger partial charge in [-0.2, -0.15) is 0 Å². The maximum absolute atomic E-state index is 12.3. The van der Waals surface area contributed by atoms with Gasteiger partial charge in [0.15, 0.2) is 0 Å². The Kier molecular flexibility index (Phi) is 4.56. The molecule has 1 fully saturated rings. The normalized spacial score (nSPS) is 13.9. The molecule has 1 heterocycles. The molecule has 1 aliphatic heterocycles. The first kappa shape index (κ1) is 15.7. The van der Waals surface area contributed by atoms with Gasteiger partial charge in [0.2, 0.25) is 11.8 Å². The van der Waals surface area contributed by atoms with E-state index in [0.717, 1.165) is 16.3 Å². The van der Waals surface area contributed by atoms with Crippen molar-refractivity contribution >= 4 is 29.1 Å². The van der Waals surface area contributed by atoms with Gasteiger partial charge >= 0.3 is 0 Å². The Balaban J connectivity index is 1.78. The summed E-state index contributed by atoms with van der Waals surface area (Å²) in [7, 11) is 0. The molecule has 0 radical (unpaired) electrons. The number of para-hydroxylation sites is 2. The highest BCUT2D eigenvalue weighted by atomic mass is 16.2. The number of carbonyl (C=O) groups is 3. The van der Waals surface area contributed by atoms with Crippen LogP contribution in [-0.2, 0) is 14.4 Å². The number of hydrogen-bond acceptors (Lipinski definition) is 4. The van der Waals surface area contributed by atoms with Crippen molar-refractivity contribution in [2.75, 3.05) is 11.6 Å². The van der Waals surface area contributed by atoms with Crippen LogP contribution < -0.4 is 10.4 Å². The van der Waals surface area contributed by atoms with E-state index in [1.807, 2.05) is 60.7 Å². The lowest BCUT2D eigenvalue weighted by molar-refractivity contribution is -0.142. The fourth-order valence-corrected chi connectivity index (χ4v) is 2.54. The SMILES string of the molecule is O=C(CN1C(=O)CCC1=O)NN(c1ccccc1)c1ccccc1. The van der Waals surface area contributed by atoms with Gasteiger partial charge in [-0.25, -0.2) is 0 Å². The standard InChI is InChI=1S/C18H17N3O3/c22-16(13-20-17(23)11-12-18(20)24)19-21(14-7-3-1-4-8-14)15-9-5-2-6-10-15/h1-10H,11-13H2,(H,19,22). The van der Waals surface area contributed by atoms with Crippen LogP contribution in [0, 0.1) is 0 Å². The molecule has 0 aliphatic carbocycles. The van der Waals surface area contributed by atoms with Crippen molar-refractivity contribution in [2.45, 2.75) is 12.8 Å². The molecule has 0 atom stereocenters. The van der Waals surface area contributed by atoms with Crippen LogP contribution in [0.4, 0.5) is 11.4 Å². The number of carbonyl (C=O) groups excluding carboxylic acids is 3. The molecule has 0 saturated carbocycles. The summed E-state index contributed by atoms with van der Waals surface area (Å²) in [5, 5.41) is 1.63. The number of benzene rings is 2. The zero-order valence-corrected chi connectivity index (χ0v) is 13.0. The molecule has 1 saturated heterocycles. The second kappa shape index (κ2) is 6.95. The molecule has 6 heteroatoms. The third kappa shape index (κ3) is 3.43. The number of hydrazine groups is 1. The second-order valence-electron chi connectivity index (χ2n) is 5.42. The Bertz CT molecular complexity index is 691. The van der Waals surface area contributed by atoms with Crippen molar-refractivity contribution in [1.82, 2.24) is 10.3 Å². The van der Waals surface area contributed by atoms with Crippen LogP contribution in [0.25, 0.3) is 0 Å². The first-order chi connectivity index (χ1) is 11.6. The van der Waals surface area contributed by atoms with E-state index < -0.39 is 5.91 Å². The highest BCUT2D eigenvalue weighted by Crippen LogP contribution is 2.22. The molecule has 0 spiro atoms. The summed E-state index contributed by atoms with van der Waals surface area (Å²) in [6.07, 6.45) is 0.348. The van der Waals surface area contributed by atoms with Crippen molar-refractivity contribution in [3.63, 3.8) is 0 Å². The number of anilines is 2. The van der Waals surface area contributed by atoms with Crippen molar-refractivity contribution < 1.29 is 14.4 Å². The number of rotatable bonds is 5. The van der Waals surface area contributed by atoms with Crippen molar-refractivity contribution in [2.24, 2.45) is 0 Å². The molecule has 3 amide bonds. The molecule has 1 aliphatic rings. The molecule has 1 N–H and O–H groups in total. The van der Waals surface area contributed by atoms with E-state index in [2.05, 4.69) is 5.43 Å². The lowest BCUT2D eigenvalue weighted by Gasteiger charge is -2.26. The zero-order valence-electron chi connectivity index (χ0n) is 13.0. The molecule has 24 heavy (non-hydrogen) atoms. The fourth-order valence-electron chi connectivity index (χ4n) is 2.54. The average Bonchev–Trinajstić information content (AvgIpc) is 2.93. The Labute approximate surface area is 139 Å². The molecule has 6 nitrogen and oxygen atoms in total. The third-order valence-electron chi connectivity index (χ3n) is 3.72. The molecule has 122 valence electrons. The van der Waals surface area contributed by atoms with Crippen LogP contribution >= 0.6 is 0 Å². The van der Waals surface area contributed by atoms with Crippen LogP contribution in [0.3, 0.4) is 0 Å². The quantitative estimate of drug-likeness (QED) is 0.675. The van der Waals surface area contributed by atoms with Crippen molar-refractivity contribution in [1.29, 1.82) is 0 Å². The van der Waals surface area contributed by atoms with Crippen LogP contribution in [0.2, 0.25) is 0 Å². The predicted octanol–water partition coefficient (Wildman–Crippen LogP) is 2.00. The number of likely N-dealkylation sites (tertiary alicyclic amines) is 1. The summed E-state index contributed by atoms with van der Waals surface area (Å²) >= 11 is 0. The number of nitrogens with zero attached hydrogens (tertiary/aromatic N) is 2. The molecule has 3 rings (SSSR count). The van der Waals surface area contributed by atoms with E-state index in [4.69, 9.17) is 0 Å². The van der Waals surface area contributed by atoms with Crippen LogP contribution in [0.1, 0.15) is 12.8 Å². The zero-order chi connectivity index (χ0) is 16.9. The summed E-state index contributed by atoms with van der Waals surface area (Å²) in [6, 6.07) is 18.7. The van der Waals surface area contributed by atoms with Gasteiger partial charge in [-0.3, -0.25) is 29.7 Å². The Hall–Kier alpha value is -3.15. The Morgan fingerprint density at radius 3 is 1.79 bits per heavy atom. The van der Waals surface area contributed by atoms with Crippen molar-refractivity contribution in [3.8, 4) is 0 Å². The third-order valence-corrected chi connectivity index (χ3v) is 3.72. The summed E-state index contributed by atoms with van der Waals surface area (Å²) < 4.78 is 0. The monoisotopic (exact) mass is 323 g/mol. The molecule has 0 unspecified atom stereocenters. The lowest BCUT2D eigenvalue weighted by atomic mass is 10.2. The lowest BCUT2D eigenvalue weighted by Crippen LogP contribution is -2.46. The van der Waals surface area contributed by atoms with Crippen LogP contribution in [-0.4, -0.2) is 29.2 Å². The molecule has 0 bridgehead atoms. The first-order valence-corrected chi connectivity index (χ1v) is 7.68. The summed E-state index contributed by atoms with van der Waals surface area (Å²) in [6.45, 7) is -0.270. The number of nitrogens with one attached hydrogen (secondary N) is 1. The van der Waals surface area contributed by atoms with E-state index in [9.17, 15) is 14.4 Å². The van der Waals surface area contributed by atoms with Gasteiger partial charge in [-0.15, -0.1) is 0 Å². The van der Waals surface area contributed by atoms with E-state index in [1.165, 1.54) is 0 Å². The fraction of sp³-hybridized carbons (Fsp3) is 0.167. The Morgan fingerprint density at radius 1 is 0.875 bits per heavy atom. The van der Waals surface area contributed by atoms with Crippen LogP contribution in [0.5, 0.6) is 0 Å². The van der Waals surface area contributed by atoms with E-state index in [1.54, 1.807) is 5.01 Å². The Morgan fingerprint density at radius 2 is 1.33 bits per heavy atom. The number of hydrogen-bond donors (Lipinski definition) is 1. The van der Waals surface area contributed by atoms with Gasteiger partial charge in [0.05, 0.1) is 11.4 Å². The average molecular weight is 323 g/mol. The van der Waals surface area contributed by atoms with Gasteiger partial charge in [-0.05, 0) is 24.3 Å². The smallest absolute Gasteiger partial charge is 0.258 e. The topological polar surface area (TPSA) is 69.7 Å². The van der Waals surface area contributed by atoms with Gasteiger partial charge in [0, 0.05) is 12.8 Å². The van der Waals surface area contributed by atoms with Gasteiger partial charge in [-0.1, -0.05) is 36.4 Å². The van der Waals surface area contributed by atoms with Gasteiger partial charge in [0.1, 0.15) is 6.54 Å². The van der Waals surface area contributed by atoms with Gasteiger partial charge in [0.25, 0.3) is 5.91 Å². The first-order valence-electron chi connectivity index (χ1n) is 7.68. The van der Waals surface area contributed by atoms with E-state index in [0.29, 0.717) is 0 Å². The minimum absolute atomic E-state index is 0.174. The highest BCUT2D eigenvalue weighted by molar-refractivity contribution is 6.04. The molecule has 2 aromatic rings. The van der Waals surface area contributed by atoms with E-state index >= 15 is 0 Å². The maximum atomic E-state index is 12.3. The van der Waals surface area contributed by atoms with E-state index in [-0.39, 0.29) is 31.2 Å². The second-order valence-corrected chi connectivity index (χ2v) is 5.42. The largest absolute Gasteiger partial charge is 0.274 e. The van der Waals surface area contributed by atoms with Crippen LogP contribution in [0.15, 0.2) is 60.7 Å². The highest BCUT2D eigenvalue weighted by Gasteiger charge is 2.30. The minimum Gasteiger partial charge on any atom is -0.274 e. The van der Waals surface area contributed by atoms with Crippen molar-refractivity contribution in [3.05, 3.63) is 60.7 Å². The summed E-state index contributed by atoms with van der Waals surface area (Å²) in [5.41, 5.74) is 4.31. The number of imide groups is 1. The minimum atomic E-state index is -0.425. The molecule has 0 aromatic heterocycles. The molecular weight excluding hydrogens is 306 g/mol. The molecular formula is C18H17N3O3. The summed E-state index contributed by atoms with van der Waals surface area (Å²) in [5.74, 6) is -1.03. The van der Waals surface area contributed by atoms with Gasteiger partial charge < -0.3 is 0 Å². The summed E-state index contributed by atoms with van der Waals surface area (Å²) in [4.78, 5) is 36.7. The maximum Gasteiger partial charge on any atom is 0.258 e.